The largest absolute Gasteiger partial charge is 0.337 e. The van der Waals surface area contributed by atoms with E-state index in [1.165, 1.54) is 24.2 Å². The van der Waals surface area contributed by atoms with E-state index >= 15 is 0 Å². The van der Waals surface area contributed by atoms with E-state index in [-0.39, 0.29) is 5.91 Å². The maximum absolute atomic E-state index is 12.8. The van der Waals surface area contributed by atoms with Crippen LogP contribution in [0, 0.1) is 0 Å². The van der Waals surface area contributed by atoms with E-state index in [9.17, 15) is 4.79 Å². The average molecular weight is 354 g/mol. The van der Waals surface area contributed by atoms with Gasteiger partial charge in [-0.05, 0) is 37.8 Å². The van der Waals surface area contributed by atoms with Gasteiger partial charge in [0.25, 0.3) is 5.91 Å². The number of nitrogens with zero attached hydrogens (tertiary/aromatic N) is 6. The number of pyridine rings is 1. The lowest BCUT2D eigenvalue weighted by Crippen LogP contribution is -2.38. The Morgan fingerprint density at radius 2 is 2.04 bits per heavy atom. The summed E-state index contributed by atoms with van der Waals surface area (Å²) in [6.07, 6.45) is 7.91. The average Bonchev–Trinajstić information content (AvgIpc) is 3.22. The normalized spacial score (nSPS) is 18.8. The zero-order chi connectivity index (χ0) is 16.8. The number of fused-ring (bicyclic) bond motifs is 1. The molecule has 3 aromatic heterocycles. The zero-order valence-electron chi connectivity index (χ0n) is 13.7. The molecular formula is C17H18N6OS. The van der Waals surface area contributed by atoms with Crippen molar-refractivity contribution in [1.29, 1.82) is 0 Å². The first-order valence-electron chi connectivity index (χ1n) is 8.70. The zero-order valence-corrected chi connectivity index (χ0v) is 14.5. The third-order valence-electron chi connectivity index (χ3n) is 5.04. The van der Waals surface area contributed by atoms with Crippen molar-refractivity contribution in [3.63, 3.8) is 0 Å². The summed E-state index contributed by atoms with van der Waals surface area (Å²) in [5, 5.41) is 8.99. The summed E-state index contributed by atoms with van der Waals surface area (Å²) >= 11 is 1.37. The molecule has 1 aliphatic carbocycles. The Kier molecular flexibility index (Phi) is 3.51. The molecule has 3 aromatic rings. The molecule has 0 aromatic carbocycles. The fourth-order valence-electron chi connectivity index (χ4n) is 3.52. The topological polar surface area (TPSA) is 76.8 Å². The Hall–Kier alpha value is -2.35. The molecule has 7 nitrogen and oxygen atoms in total. The highest BCUT2D eigenvalue weighted by atomic mass is 32.1. The minimum Gasteiger partial charge on any atom is -0.337 e. The van der Waals surface area contributed by atoms with Gasteiger partial charge in [0.2, 0.25) is 0 Å². The van der Waals surface area contributed by atoms with Gasteiger partial charge in [0.05, 0.1) is 0 Å². The van der Waals surface area contributed by atoms with Crippen LogP contribution >= 0.6 is 11.3 Å². The number of carbonyl (C=O) groups excluding carboxylic acids is 1. The predicted molar refractivity (Wildman–Crippen MR) is 93.6 cm³/mol. The van der Waals surface area contributed by atoms with E-state index in [0.717, 1.165) is 42.1 Å². The first kappa shape index (κ1) is 14.9. The molecule has 0 unspecified atom stereocenters. The maximum atomic E-state index is 12.8. The van der Waals surface area contributed by atoms with E-state index in [1.807, 2.05) is 23.4 Å². The van der Waals surface area contributed by atoms with Crippen LogP contribution in [0.5, 0.6) is 0 Å². The van der Waals surface area contributed by atoms with E-state index < -0.39 is 0 Å². The molecule has 0 atom stereocenters. The van der Waals surface area contributed by atoms with Crippen LogP contribution in [-0.4, -0.2) is 48.6 Å². The number of rotatable bonds is 3. The van der Waals surface area contributed by atoms with Gasteiger partial charge < -0.3 is 9.47 Å². The van der Waals surface area contributed by atoms with Crippen LogP contribution in [0.3, 0.4) is 0 Å². The number of hydrogen-bond donors (Lipinski definition) is 0. The molecule has 1 aliphatic heterocycles. The fraction of sp³-hybridized carbons (Fsp3) is 0.471. The van der Waals surface area contributed by atoms with Crippen LogP contribution in [0.1, 0.15) is 53.3 Å². The van der Waals surface area contributed by atoms with Crippen molar-refractivity contribution in [2.24, 2.45) is 0 Å². The van der Waals surface area contributed by atoms with Crippen molar-refractivity contribution in [2.45, 2.75) is 37.6 Å². The van der Waals surface area contributed by atoms with Crippen molar-refractivity contribution in [1.82, 2.24) is 29.6 Å². The summed E-state index contributed by atoms with van der Waals surface area (Å²) < 4.78 is 2.24. The van der Waals surface area contributed by atoms with Crippen LogP contribution < -0.4 is 0 Å². The van der Waals surface area contributed by atoms with E-state index in [1.54, 1.807) is 6.20 Å². The van der Waals surface area contributed by atoms with Gasteiger partial charge in [0, 0.05) is 31.2 Å². The first-order valence-corrected chi connectivity index (χ1v) is 9.51. The van der Waals surface area contributed by atoms with Crippen LogP contribution in [-0.2, 0) is 0 Å². The second-order valence-corrected chi connectivity index (χ2v) is 7.72. The second-order valence-electron chi connectivity index (χ2n) is 6.74. The highest BCUT2D eigenvalue weighted by Crippen LogP contribution is 2.38. The third kappa shape index (κ3) is 2.70. The molecule has 4 heterocycles. The Labute approximate surface area is 148 Å². The minimum atomic E-state index is 0.0186. The van der Waals surface area contributed by atoms with Crippen LogP contribution in [0.4, 0.5) is 0 Å². The van der Waals surface area contributed by atoms with Crippen molar-refractivity contribution < 1.29 is 4.79 Å². The van der Waals surface area contributed by atoms with E-state index in [2.05, 4.69) is 24.7 Å². The van der Waals surface area contributed by atoms with Crippen LogP contribution in [0.2, 0.25) is 0 Å². The Bertz CT molecular complexity index is 889. The van der Waals surface area contributed by atoms with E-state index in [0.29, 0.717) is 17.0 Å². The van der Waals surface area contributed by atoms with Gasteiger partial charge in [-0.15, -0.1) is 10.2 Å². The first-order chi connectivity index (χ1) is 12.3. The van der Waals surface area contributed by atoms with Gasteiger partial charge in [0.1, 0.15) is 22.5 Å². The molecule has 0 radical (unpaired) electrons. The van der Waals surface area contributed by atoms with Crippen molar-refractivity contribution in [3.8, 4) is 0 Å². The number of amides is 1. The number of piperidine rings is 1. The smallest absolute Gasteiger partial charge is 0.282 e. The molecule has 1 amide bonds. The second kappa shape index (κ2) is 5.87. The number of aromatic nitrogens is 5. The fourth-order valence-corrected chi connectivity index (χ4v) is 4.39. The maximum Gasteiger partial charge on any atom is 0.282 e. The van der Waals surface area contributed by atoms with Crippen molar-refractivity contribution in [3.05, 3.63) is 35.5 Å². The molecule has 0 spiro atoms. The molecule has 2 fully saturated rings. The van der Waals surface area contributed by atoms with Crippen molar-refractivity contribution in [2.75, 3.05) is 13.1 Å². The molecule has 2 aliphatic rings. The molecule has 0 N–H and O–H groups in total. The lowest BCUT2D eigenvalue weighted by molar-refractivity contribution is 0.0710. The summed E-state index contributed by atoms with van der Waals surface area (Å²) in [5.41, 5.74) is 0.795. The standard InChI is InChI=1S/C17H18N6OS/c24-17(16-20-13-2-1-7-18-15(13)25-16)22-8-5-11(6-9-22)14-21-19-10-23(14)12-3-4-12/h1-2,7,10-12H,3-6,8-9H2. The SMILES string of the molecule is O=C(c1nc2cccnc2s1)N1CCC(c2nncn2C2CC2)CC1. The lowest BCUT2D eigenvalue weighted by atomic mass is 9.96. The molecule has 5 rings (SSSR count). The van der Waals surface area contributed by atoms with Crippen LogP contribution in [0.25, 0.3) is 10.3 Å². The summed E-state index contributed by atoms with van der Waals surface area (Å²) in [5.74, 6) is 1.51. The monoisotopic (exact) mass is 354 g/mol. The summed E-state index contributed by atoms with van der Waals surface area (Å²) in [6, 6.07) is 4.34. The Morgan fingerprint density at radius 3 is 2.80 bits per heavy atom. The van der Waals surface area contributed by atoms with Crippen molar-refractivity contribution >= 4 is 27.6 Å². The quantitative estimate of drug-likeness (QED) is 0.723. The predicted octanol–water partition coefficient (Wildman–Crippen LogP) is 2.64. The summed E-state index contributed by atoms with van der Waals surface area (Å²) in [6.45, 7) is 1.48. The molecule has 128 valence electrons. The van der Waals surface area contributed by atoms with E-state index in [4.69, 9.17) is 0 Å². The van der Waals surface area contributed by atoms with Gasteiger partial charge >= 0.3 is 0 Å². The number of thiazole rings is 1. The van der Waals surface area contributed by atoms with Gasteiger partial charge in [-0.25, -0.2) is 9.97 Å². The molecule has 0 bridgehead atoms. The molecule has 8 heteroatoms. The minimum absolute atomic E-state index is 0.0186. The summed E-state index contributed by atoms with van der Waals surface area (Å²) in [7, 11) is 0. The Balaban J connectivity index is 1.29. The Morgan fingerprint density at radius 1 is 1.20 bits per heavy atom. The molecule has 25 heavy (non-hydrogen) atoms. The summed E-state index contributed by atoms with van der Waals surface area (Å²) in [4.78, 5) is 24.2. The van der Waals surface area contributed by atoms with Gasteiger partial charge in [-0.2, -0.15) is 0 Å². The molecule has 1 saturated heterocycles. The van der Waals surface area contributed by atoms with Gasteiger partial charge in [0.15, 0.2) is 5.01 Å². The number of carbonyl (C=O) groups is 1. The highest BCUT2D eigenvalue weighted by molar-refractivity contribution is 7.19. The number of hydrogen-bond acceptors (Lipinski definition) is 6. The van der Waals surface area contributed by atoms with Gasteiger partial charge in [-0.3, -0.25) is 4.79 Å². The third-order valence-corrected chi connectivity index (χ3v) is 6.00. The molecular weight excluding hydrogens is 336 g/mol. The van der Waals surface area contributed by atoms with Gasteiger partial charge in [-0.1, -0.05) is 11.3 Å². The lowest BCUT2D eigenvalue weighted by Gasteiger charge is -2.31. The molecule has 1 saturated carbocycles. The van der Waals surface area contributed by atoms with Crippen LogP contribution in [0.15, 0.2) is 24.7 Å². The number of likely N-dealkylation sites (tertiary alicyclic amines) is 1. The highest BCUT2D eigenvalue weighted by Gasteiger charge is 2.32.